The summed E-state index contributed by atoms with van der Waals surface area (Å²) in [6, 6.07) is 9.15. The van der Waals surface area contributed by atoms with E-state index in [1.54, 1.807) is 11.0 Å². The molecule has 0 bridgehead atoms. The van der Waals surface area contributed by atoms with Crippen LogP contribution in [-0.2, 0) is 35.7 Å². The average molecular weight is 533 g/mol. The van der Waals surface area contributed by atoms with Crippen LogP contribution in [0.2, 0.25) is 0 Å². The molecule has 4 aliphatic rings. The summed E-state index contributed by atoms with van der Waals surface area (Å²) in [5, 5.41) is 0.714. The molecule has 9 heteroatoms. The molecule has 2 fully saturated rings. The van der Waals surface area contributed by atoms with Crippen LogP contribution in [-0.4, -0.2) is 66.2 Å². The standard InChI is InChI=1S/C30H33FN4O4/c1-34-6-4-30(5-7-34)11-20-8-18(2-3-27(20)39-30)12-35(13-19-14-37-15-19)29(36)22-9-21-23-16-38-17-24(23)28(32)33-26(21)10-25(22)31/h2-3,8-10,19H,4-7,11-17H2,1H3,(H2,32,33). The molecule has 0 saturated carbocycles. The normalized spacial score (nSPS) is 20.1. The lowest BCUT2D eigenvalue weighted by Gasteiger charge is -2.37. The number of pyridine rings is 1. The van der Waals surface area contributed by atoms with Crippen LogP contribution in [0, 0.1) is 11.7 Å². The van der Waals surface area contributed by atoms with Crippen LogP contribution in [0.5, 0.6) is 5.75 Å². The third kappa shape index (κ3) is 4.42. The molecule has 1 amide bonds. The summed E-state index contributed by atoms with van der Waals surface area (Å²) in [7, 11) is 2.15. The van der Waals surface area contributed by atoms with E-state index in [0.29, 0.717) is 56.2 Å². The van der Waals surface area contributed by atoms with Gasteiger partial charge in [-0.25, -0.2) is 9.37 Å². The monoisotopic (exact) mass is 532 g/mol. The van der Waals surface area contributed by atoms with Crippen molar-refractivity contribution in [2.24, 2.45) is 5.92 Å². The van der Waals surface area contributed by atoms with Crippen LogP contribution in [0.1, 0.15) is 45.5 Å². The molecule has 1 spiro atoms. The molecule has 3 aromatic rings. The van der Waals surface area contributed by atoms with Gasteiger partial charge < -0.3 is 29.7 Å². The summed E-state index contributed by atoms with van der Waals surface area (Å²) in [4.78, 5) is 22.4. The minimum absolute atomic E-state index is 0.0400. The Hall–Kier alpha value is -3.27. The number of carbonyl (C=O) groups is 1. The fourth-order valence-corrected chi connectivity index (χ4v) is 6.36. The molecular formula is C30H33FN4O4. The molecule has 0 unspecified atom stereocenters. The molecule has 0 aliphatic carbocycles. The molecule has 1 aromatic heterocycles. The number of hydrogen-bond acceptors (Lipinski definition) is 7. The highest BCUT2D eigenvalue weighted by atomic mass is 19.1. The molecule has 2 aromatic carbocycles. The number of benzene rings is 2. The Morgan fingerprint density at radius 3 is 2.72 bits per heavy atom. The van der Waals surface area contributed by atoms with Crippen molar-refractivity contribution in [3.63, 3.8) is 0 Å². The zero-order valence-corrected chi connectivity index (χ0v) is 22.2. The minimum atomic E-state index is -0.598. The maximum atomic E-state index is 15.4. The smallest absolute Gasteiger partial charge is 0.257 e. The predicted molar refractivity (Wildman–Crippen MR) is 144 cm³/mol. The Balaban J connectivity index is 1.18. The summed E-state index contributed by atoms with van der Waals surface area (Å²) in [6.45, 7) is 4.90. The number of nitrogens with zero attached hydrogens (tertiary/aromatic N) is 3. The van der Waals surface area contributed by atoms with E-state index < -0.39 is 5.82 Å². The lowest BCUT2D eigenvalue weighted by atomic mass is 9.87. The number of ether oxygens (including phenoxy) is 3. The maximum absolute atomic E-state index is 15.4. The van der Waals surface area contributed by atoms with E-state index in [-0.39, 0.29) is 23.0 Å². The van der Waals surface area contributed by atoms with E-state index in [2.05, 4.69) is 23.0 Å². The number of nitrogen functional groups attached to an aromatic ring is 1. The molecule has 2 N–H and O–H groups in total. The number of rotatable bonds is 5. The van der Waals surface area contributed by atoms with Crippen LogP contribution in [0.15, 0.2) is 30.3 Å². The van der Waals surface area contributed by atoms with Gasteiger partial charge in [0, 0.05) is 68.4 Å². The van der Waals surface area contributed by atoms with Crippen LogP contribution in [0.25, 0.3) is 10.9 Å². The third-order valence-electron chi connectivity index (χ3n) is 8.76. The first-order valence-corrected chi connectivity index (χ1v) is 13.7. The number of halogens is 1. The number of likely N-dealkylation sites (tertiary alicyclic amines) is 1. The Morgan fingerprint density at radius 1 is 1.15 bits per heavy atom. The Kier molecular flexibility index (Phi) is 5.98. The zero-order valence-electron chi connectivity index (χ0n) is 22.2. The molecule has 2 saturated heterocycles. The Morgan fingerprint density at radius 2 is 1.95 bits per heavy atom. The van der Waals surface area contributed by atoms with Crippen LogP contribution < -0.4 is 10.5 Å². The SMILES string of the molecule is CN1CCC2(CC1)Cc1cc(CN(CC3COC3)C(=O)c3cc4c5c(c(N)nc4cc3F)COC5)ccc1O2. The van der Waals surface area contributed by atoms with Crippen molar-refractivity contribution in [1.29, 1.82) is 0 Å². The quantitative estimate of drug-likeness (QED) is 0.536. The Labute approximate surface area is 226 Å². The highest BCUT2D eigenvalue weighted by molar-refractivity contribution is 5.99. The number of nitrogens with two attached hydrogens (primary N) is 1. The van der Waals surface area contributed by atoms with Crippen molar-refractivity contribution in [3.8, 4) is 5.75 Å². The van der Waals surface area contributed by atoms with Crippen molar-refractivity contribution in [2.45, 2.75) is 44.6 Å². The van der Waals surface area contributed by atoms with Crippen molar-refractivity contribution >= 4 is 22.6 Å². The molecular weight excluding hydrogens is 499 g/mol. The second kappa shape index (κ2) is 9.43. The van der Waals surface area contributed by atoms with E-state index in [9.17, 15) is 4.79 Å². The largest absolute Gasteiger partial charge is 0.487 e. The van der Waals surface area contributed by atoms with Gasteiger partial charge in [-0.1, -0.05) is 12.1 Å². The van der Waals surface area contributed by atoms with Crippen molar-refractivity contribution in [3.05, 3.63) is 64.0 Å². The fourth-order valence-electron chi connectivity index (χ4n) is 6.36. The predicted octanol–water partition coefficient (Wildman–Crippen LogP) is 3.67. The molecule has 0 radical (unpaired) electrons. The maximum Gasteiger partial charge on any atom is 0.257 e. The van der Waals surface area contributed by atoms with E-state index in [1.807, 2.05) is 12.1 Å². The zero-order chi connectivity index (χ0) is 26.7. The van der Waals surface area contributed by atoms with Gasteiger partial charge in [-0.3, -0.25) is 4.79 Å². The Bertz CT molecular complexity index is 1470. The van der Waals surface area contributed by atoms with Gasteiger partial charge in [0.05, 0.1) is 37.5 Å². The highest BCUT2D eigenvalue weighted by Gasteiger charge is 2.41. The molecule has 0 atom stereocenters. The molecule has 39 heavy (non-hydrogen) atoms. The minimum Gasteiger partial charge on any atom is -0.487 e. The van der Waals surface area contributed by atoms with Crippen LogP contribution in [0.3, 0.4) is 0 Å². The van der Waals surface area contributed by atoms with Gasteiger partial charge in [0.25, 0.3) is 5.91 Å². The van der Waals surface area contributed by atoms with Crippen molar-refractivity contribution in [2.75, 3.05) is 45.6 Å². The molecule has 5 heterocycles. The first kappa shape index (κ1) is 24.7. The van der Waals surface area contributed by atoms with Gasteiger partial charge in [-0.2, -0.15) is 0 Å². The third-order valence-corrected chi connectivity index (χ3v) is 8.76. The number of anilines is 1. The summed E-state index contributed by atoms with van der Waals surface area (Å²) in [6.07, 6.45) is 2.91. The second-order valence-corrected chi connectivity index (χ2v) is 11.6. The number of hydrogen-bond donors (Lipinski definition) is 1. The number of fused-ring (bicyclic) bond motifs is 4. The number of carbonyl (C=O) groups excluding carboxylic acids is 1. The van der Waals surface area contributed by atoms with E-state index in [4.69, 9.17) is 19.9 Å². The first-order valence-electron chi connectivity index (χ1n) is 13.7. The fraction of sp³-hybridized carbons (Fsp3) is 0.467. The van der Waals surface area contributed by atoms with Crippen molar-refractivity contribution in [1.82, 2.24) is 14.8 Å². The average Bonchev–Trinajstić information content (AvgIpc) is 3.52. The molecule has 7 rings (SSSR count). The number of aromatic nitrogens is 1. The van der Waals surface area contributed by atoms with Crippen LogP contribution >= 0.6 is 0 Å². The van der Waals surface area contributed by atoms with Crippen molar-refractivity contribution < 1.29 is 23.4 Å². The van der Waals surface area contributed by atoms with Gasteiger partial charge in [0.1, 0.15) is 23.0 Å². The summed E-state index contributed by atoms with van der Waals surface area (Å²) in [5.41, 5.74) is 10.3. The first-order chi connectivity index (χ1) is 18.9. The van der Waals surface area contributed by atoms with Crippen LogP contribution in [0.4, 0.5) is 10.2 Å². The van der Waals surface area contributed by atoms with Gasteiger partial charge in [-0.15, -0.1) is 0 Å². The highest BCUT2D eigenvalue weighted by Crippen LogP contribution is 2.41. The van der Waals surface area contributed by atoms with Gasteiger partial charge in [-0.05, 0) is 35.9 Å². The van der Waals surface area contributed by atoms with E-state index >= 15 is 4.39 Å². The van der Waals surface area contributed by atoms with Gasteiger partial charge in [0.2, 0.25) is 0 Å². The second-order valence-electron chi connectivity index (χ2n) is 11.6. The lowest BCUT2D eigenvalue weighted by molar-refractivity contribution is -0.0442. The van der Waals surface area contributed by atoms with Gasteiger partial charge in [0.15, 0.2) is 0 Å². The number of amides is 1. The summed E-state index contributed by atoms with van der Waals surface area (Å²) >= 11 is 0. The number of piperidine rings is 1. The summed E-state index contributed by atoms with van der Waals surface area (Å²) in [5.74, 6) is 0.588. The molecule has 204 valence electrons. The van der Waals surface area contributed by atoms with Gasteiger partial charge >= 0.3 is 0 Å². The lowest BCUT2D eigenvalue weighted by Crippen LogP contribution is -2.45. The van der Waals surface area contributed by atoms with E-state index in [0.717, 1.165) is 54.8 Å². The topological polar surface area (TPSA) is 90.2 Å². The van der Waals surface area contributed by atoms with E-state index in [1.165, 1.54) is 11.6 Å². The molecule has 4 aliphatic heterocycles. The summed E-state index contributed by atoms with van der Waals surface area (Å²) < 4.78 is 32.8. The molecule has 8 nitrogen and oxygen atoms in total.